The Morgan fingerprint density at radius 1 is 1.24 bits per heavy atom. The molecule has 0 spiro atoms. The normalized spacial score (nSPS) is 30.4. The standard InChI is InChI=1S/C14H13IN2/c1-14-10-6-5-9-12(14)17(13(15)16-14)11-7-3-2-4-8-11/h2-10,12H,1H3. The SMILES string of the molecule is CC12C=CC=CC1N(c1ccccc1)C(I)=N2. The van der Waals surface area contributed by atoms with Gasteiger partial charge in [-0.25, -0.2) is 4.99 Å². The summed E-state index contributed by atoms with van der Waals surface area (Å²) in [6.45, 7) is 2.18. The van der Waals surface area contributed by atoms with Crippen LogP contribution in [-0.4, -0.2) is 15.4 Å². The Balaban J connectivity index is 2.06. The van der Waals surface area contributed by atoms with E-state index in [-0.39, 0.29) is 5.54 Å². The van der Waals surface area contributed by atoms with E-state index in [1.165, 1.54) is 5.69 Å². The van der Waals surface area contributed by atoms with Gasteiger partial charge in [-0.05, 0) is 41.6 Å². The van der Waals surface area contributed by atoms with Gasteiger partial charge in [0.25, 0.3) is 0 Å². The van der Waals surface area contributed by atoms with Gasteiger partial charge in [-0.3, -0.25) is 0 Å². The highest BCUT2D eigenvalue weighted by atomic mass is 127. The van der Waals surface area contributed by atoms with E-state index < -0.39 is 0 Å². The zero-order valence-corrected chi connectivity index (χ0v) is 11.7. The van der Waals surface area contributed by atoms with Crippen molar-refractivity contribution < 1.29 is 0 Å². The van der Waals surface area contributed by atoms with Crippen molar-refractivity contribution in [3.05, 3.63) is 54.6 Å². The minimum Gasteiger partial charge on any atom is -0.312 e. The van der Waals surface area contributed by atoms with Crippen LogP contribution >= 0.6 is 22.6 Å². The largest absolute Gasteiger partial charge is 0.312 e. The van der Waals surface area contributed by atoms with Crippen LogP contribution in [0.1, 0.15) is 6.92 Å². The van der Waals surface area contributed by atoms with Crippen LogP contribution in [0, 0.1) is 0 Å². The molecule has 1 aliphatic carbocycles. The Kier molecular flexibility index (Phi) is 2.58. The van der Waals surface area contributed by atoms with Gasteiger partial charge in [-0.1, -0.05) is 42.5 Å². The second-order valence-electron chi connectivity index (χ2n) is 4.50. The van der Waals surface area contributed by atoms with E-state index in [0.29, 0.717) is 6.04 Å². The molecular formula is C14H13IN2. The third-order valence-corrected chi connectivity index (χ3v) is 4.04. The number of para-hydroxylation sites is 1. The van der Waals surface area contributed by atoms with Crippen LogP contribution in [0.3, 0.4) is 0 Å². The molecule has 2 aliphatic rings. The monoisotopic (exact) mass is 336 g/mol. The van der Waals surface area contributed by atoms with Crippen molar-refractivity contribution in [2.75, 3.05) is 4.90 Å². The summed E-state index contributed by atoms with van der Waals surface area (Å²) in [7, 11) is 0. The van der Waals surface area contributed by atoms with Crippen LogP contribution in [0.25, 0.3) is 0 Å². The van der Waals surface area contributed by atoms with Crippen molar-refractivity contribution in [1.29, 1.82) is 0 Å². The van der Waals surface area contributed by atoms with Gasteiger partial charge in [0, 0.05) is 5.69 Å². The first kappa shape index (κ1) is 11.0. The van der Waals surface area contributed by atoms with Gasteiger partial charge in [-0.15, -0.1) is 0 Å². The molecule has 2 nitrogen and oxygen atoms in total. The number of benzene rings is 1. The van der Waals surface area contributed by atoms with Crippen molar-refractivity contribution in [2.45, 2.75) is 18.5 Å². The number of rotatable bonds is 1. The van der Waals surface area contributed by atoms with E-state index >= 15 is 0 Å². The summed E-state index contributed by atoms with van der Waals surface area (Å²) >= 11 is 2.32. The summed E-state index contributed by atoms with van der Waals surface area (Å²) in [6, 6.07) is 10.7. The zero-order valence-electron chi connectivity index (χ0n) is 9.55. The molecule has 1 aromatic carbocycles. The first-order valence-electron chi connectivity index (χ1n) is 5.66. The molecule has 0 N–H and O–H groups in total. The van der Waals surface area contributed by atoms with Crippen molar-refractivity contribution in [1.82, 2.24) is 0 Å². The molecule has 0 amide bonds. The number of halogens is 1. The third kappa shape index (κ3) is 1.73. The molecule has 0 radical (unpaired) electrons. The smallest absolute Gasteiger partial charge is 0.168 e. The van der Waals surface area contributed by atoms with Crippen LogP contribution in [0.4, 0.5) is 5.69 Å². The summed E-state index contributed by atoms with van der Waals surface area (Å²) in [6.07, 6.45) is 8.59. The van der Waals surface area contributed by atoms with Gasteiger partial charge >= 0.3 is 0 Å². The molecule has 0 saturated carbocycles. The minimum absolute atomic E-state index is 0.124. The van der Waals surface area contributed by atoms with Gasteiger partial charge in [0.2, 0.25) is 0 Å². The Morgan fingerprint density at radius 3 is 2.76 bits per heavy atom. The van der Waals surface area contributed by atoms with Gasteiger partial charge in [-0.2, -0.15) is 0 Å². The fourth-order valence-electron chi connectivity index (χ4n) is 2.39. The summed E-state index contributed by atoms with van der Waals surface area (Å²) in [5.74, 6) is 0. The maximum absolute atomic E-state index is 4.79. The number of hydrogen-bond acceptors (Lipinski definition) is 2. The summed E-state index contributed by atoms with van der Waals surface area (Å²) in [5, 5.41) is 0. The highest BCUT2D eigenvalue weighted by Crippen LogP contribution is 2.37. The number of hydrogen-bond donors (Lipinski definition) is 0. The maximum atomic E-state index is 4.79. The summed E-state index contributed by atoms with van der Waals surface area (Å²) in [5.41, 5.74) is 1.08. The molecule has 1 aliphatic heterocycles. The maximum Gasteiger partial charge on any atom is 0.168 e. The second kappa shape index (κ2) is 3.98. The second-order valence-corrected chi connectivity index (χ2v) is 5.47. The fraction of sp³-hybridized carbons (Fsp3) is 0.214. The molecule has 3 rings (SSSR count). The molecule has 0 saturated heterocycles. The van der Waals surface area contributed by atoms with Crippen molar-refractivity contribution >= 4 is 32.1 Å². The van der Waals surface area contributed by atoms with Gasteiger partial charge in [0.15, 0.2) is 3.84 Å². The van der Waals surface area contributed by atoms with E-state index in [9.17, 15) is 0 Å². The van der Waals surface area contributed by atoms with E-state index in [4.69, 9.17) is 4.99 Å². The van der Waals surface area contributed by atoms with Crippen molar-refractivity contribution in [3.8, 4) is 0 Å². The van der Waals surface area contributed by atoms with Gasteiger partial charge < -0.3 is 4.90 Å². The highest BCUT2D eigenvalue weighted by Gasteiger charge is 2.42. The van der Waals surface area contributed by atoms with Crippen LogP contribution in [-0.2, 0) is 0 Å². The average molecular weight is 336 g/mol. The number of fused-ring (bicyclic) bond motifs is 1. The van der Waals surface area contributed by atoms with Crippen LogP contribution in [0.2, 0.25) is 0 Å². The highest BCUT2D eigenvalue weighted by molar-refractivity contribution is 14.1. The molecule has 86 valence electrons. The Morgan fingerprint density at radius 2 is 2.00 bits per heavy atom. The lowest BCUT2D eigenvalue weighted by Crippen LogP contribution is -2.43. The number of amidine groups is 1. The topological polar surface area (TPSA) is 15.6 Å². The molecule has 3 heteroatoms. The molecular weight excluding hydrogens is 323 g/mol. The third-order valence-electron chi connectivity index (χ3n) is 3.28. The number of allylic oxidation sites excluding steroid dienone is 2. The number of nitrogens with zero attached hydrogens (tertiary/aromatic N) is 2. The first-order chi connectivity index (χ1) is 8.21. The molecule has 0 fully saturated rings. The Labute approximate surface area is 115 Å². The molecule has 1 aromatic rings. The van der Waals surface area contributed by atoms with Crippen LogP contribution < -0.4 is 4.90 Å². The lowest BCUT2D eigenvalue weighted by Gasteiger charge is -2.32. The van der Waals surface area contributed by atoms with E-state index in [1.54, 1.807) is 0 Å². The number of anilines is 1. The zero-order chi connectivity index (χ0) is 11.9. The minimum atomic E-state index is -0.124. The van der Waals surface area contributed by atoms with Crippen molar-refractivity contribution in [3.63, 3.8) is 0 Å². The lowest BCUT2D eigenvalue weighted by molar-refractivity contribution is 0.549. The van der Waals surface area contributed by atoms with E-state index in [1.807, 2.05) is 6.07 Å². The molecule has 1 heterocycles. The molecule has 0 bridgehead atoms. The first-order valence-corrected chi connectivity index (χ1v) is 6.74. The lowest BCUT2D eigenvalue weighted by atomic mass is 9.89. The average Bonchev–Trinajstić information content (AvgIpc) is 2.60. The van der Waals surface area contributed by atoms with Crippen LogP contribution in [0.5, 0.6) is 0 Å². The fourth-order valence-corrected chi connectivity index (χ4v) is 3.49. The molecule has 17 heavy (non-hydrogen) atoms. The Bertz CT molecular complexity index is 518. The summed E-state index contributed by atoms with van der Waals surface area (Å²) in [4.78, 5) is 7.08. The van der Waals surface area contributed by atoms with E-state index in [2.05, 4.69) is 83.0 Å². The van der Waals surface area contributed by atoms with Crippen molar-refractivity contribution in [2.24, 2.45) is 4.99 Å². The number of aliphatic imine (C=N–C) groups is 1. The Hall–Kier alpha value is -1.10. The molecule has 0 aromatic heterocycles. The predicted molar refractivity (Wildman–Crippen MR) is 80.8 cm³/mol. The quantitative estimate of drug-likeness (QED) is 0.566. The van der Waals surface area contributed by atoms with Gasteiger partial charge in [0.1, 0.15) is 5.54 Å². The molecule has 2 atom stereocenters. The predicted octanol–water partition coefficient (Wildman–Crippen LogP) is 3.55. The van der Waals surface area contributed by atoms with Crippen LogP contribution in [0.15, 0.2) is 59.6 Å². The summed E-state index contributed by atoms with van der Waals surface area (Å²) < 4.78 is 1.05. The molecule has 2 unspecified atom stereocenters. The van der Waals surface area contributed by atoms with E-state index in [0.717, 1.165) is 3.84 Å². The van der Waals surface area contributed by atoms with Gasteiger partial charge in [0.05, 0.1) is 6.04 Å².